The minimum absolute atomic E-state index is 0.190. The highest BCUT2D eigenvalue weighted by atomic mass is 15.3. The zero-order chi connectivity index (χ0) is 22.9. The second-order valence-electron chi connectivity index (χ2n) is 8.79. The van der Waals surface area contributed by atoms with E-state index in [1.165, 1.54) is 16.7 Å². The summed E-state index contributed by atoms with van der Waals surface area (Å²) in [5.74, 6) is 0.524. The first-order valence-corrected chi connectivity index (χ1v) is 11.8. The van der Waals surface area contributed by atoms with Crippen LogP contribution in [0.4, 0.5) is 0 Å². The van der Waals surface area contributed by atoms with Crippen molar-refractivity contribution in [3.8, 4) is 0 Å². The Balaban J connectivity index is 1.68. The van der Waals surface area contributed by atoms with E-state index in [0.717, 1.165) is 50.4 Å². The molecule has 1 aliphatic rings. The van der Waals surface area contributed by atoms with Gasteiger partial charge in [0.1, 0.15) is 0 Å². The summed E-state index contributed by atoms with van der Waals surface area (Å²) in [7, 11) is 2.23. The molecule has 32 heavy (non-hydrogen) atoms. The lowest BCUT2D eigenvalue weighted by Crippen LogP contribution is -2.48. The van der Waals surface area contributed by atoms with Crippen LogP contribution in [0.2, 0.25) is 0 Å². The van der Waals surface area contributed by atoms with Gasteiger partial charge in [-0.05, 0) is 48.4 Å². The van der Waals surface area contributed by atoms with Crippen LogP contribution in [0.25, 0.3) is 5.70 Å². The van der Waals surface area contributed by atoms with Gasteiger partial charge < -0.3 is 10.6 Å². The molecular weight excluding hydrogens is 394 g/mol. The Labute approximate surface area is 194 Å². The van der Waals surface area contributed by atoms with Gasteiger partial charge in [-0.3, -0.25) is 15.2 Å². The highest BCUT2D eigenvalue weighted by Gasteiger charge is 2.34. The molecule has 3 N–H and O–H groups in total. The average molecular weight is 434 g/mol. The van der Waals surface area contributed by atoms with Gasteiger partial charge in [-0.25, -0.2) is 0 Å². The molecule has 1 heterocycles. The molecule has 3 rings (SSSR count). The van der Waals surface area contributed by atoms with Crippen LogP contribution in [0, 0.1) is 5.92 Å². The highest BCUT2D eigenvalue weighted by molar-refractivity contribution is 5.61. The molecule has 0 radical (unpaired) electrons. The Bertz CT molecular complexity index is 859. The fourth-order valence-electron chi connectivity index (χ4n) is 4.50. The lowest BCUT2D eigenvalue weighted by Gasteiger charge is -2.44. The second-order valence-corrected chi connectivity index (χ2v) is 8.79. The van der Waals surface area contributed by atoms with E-state index in [9.17, 15) is 0 Å². The molecule has 0 aromatic heterocycles. The van der Waals surface area contributed by atoms with Crippen LogP contribution in [0.3, 0.4) is 0 Å². The molecule has 0 spiro atoms. The first kappa shape index (κ1) is 24.2. The van der Waals surface area contributed by atoms with Crippen molar-refractivity contribution in [3.05, 3.63) is 77.4 Å². The zero-order valence-corrected chi connectivity index (χ0v) is 19.9. The maximum Gasteiger partial charge on any atom is 0.0863 e. The third-order valence-corrected chi connectivity index (χ3v) is 6.28. The number of nitrogens with one attached hydrogen (secondary N) is 3. The van der Waals surface area contributed by atoms with Gasteiger partial charge in [0.05, 0.1) is 12.7 Å². The molecule has 172 valence electrons. The van der Waals surface area contributed by atoms with Crippen molar-refractivity contribution in [2.75, 3.05) is 33.2 Å². The predicted octanol–water partition coefficient (Wildman–Crippen LogP) is 4.36. The summed E-state index contributed by atoms with van der Waals surface area (Å²) < 4.78 is 0. The van der Waals surface area contributed by atoms with E-state index in [2.05, 4.69) is 109 Å². The molecule has 3 unspecified atom stereocenters. The number of benzene rings is 2. The Morgan fingerprint density at radius 2 is 1.78 bits per heavy atom. The summed E-state index contributed by atoms with van der Waals surface area (Å²) in [6, 6.07) is 18.2. The molecule has 0 aliphatic carbocycles. The van der Waals surface area contributed by atoms with E-state index in [1.807, 2.05) is 0 Å². The van der Waals surface area contributed by atoms with Crippen molar-refractivity contribution in [1.29, 1.82) is 0 Å². The number of hydrogen-bond donors (Lipinski definition) is 3. The molecule has 0 amide bonds. The lowest BCUT2D eigenvalue weighted by molar-refractivity contribution is 0.0598. The highest BCUT2D eigenvalue weighted by Crippen LogP contribution is 2.37. The van der Waals surface area contributed by atoms with Crippen molar-refractivity contribution < 1.29 is 0 Å². The van der Waals surface area contributed by atoms with Crippen LogP contribution in [0.1, 0.15) is 54.7 Å². The first-order valence-electron chi connectivity index (χ1n) is 11.8. The first-order chi connectivity index (χ1) is 15.5. The Morgan fingerprint density at radius 1 is 1.09 bits per heavy atom. The monoisotopic (exact) mass is 433 g/mol. The molecule has 1 aliphatic heterocycles. The molecule has 5 heteroatoms. The maximum atomic E-state index is 4.17. The van der Waals surface area contributed by atoms with E-state index in [-0.39, 0.29) is 6.17 Å². The Hall–Kier alpha value is -2.47. The molecule has 5 nitrogen and oxygen atoms in total. The van der Waals surface area contributed by atoms with Gasteiger partial charge >= 0.3 is 0 Å². The van der Waals surface area contributed by atoms with Gasteiger partial charge in [0.15, 0.2) is 0 Å². The molecule has 2 aromatic rings. The number of rotatable bonds is 11. The average Bonchev–Trinajstić information content (AvgIpc) is 2.81. The Morgan fingerprint density at radius 3 is 2.44 bits per heavy atom. The van der Waals surface area contributed by atoms with E-state index >= 15 is 0 Å². The van der Waals surface area contributed by atoms with Crippen molar-refractivity contribution >= 4 is 12.4 Å². The summed E-state index contributed by atoms with van der Waals surface area (Å²) >= 11 is 0. The summed E-state index contributed by atoms with van der Waals surface area (Å²) in [5, 5.41) is 10.5. The summed E-state index contributed by atoms with van der Waals surface area (Å²) in [5.41, 5.74) is 6.10. The van der Waals surface area contributed by atoms with Crippen LogP contribution in [0.5, 0.6) is 0 Å². The van der Waals surface area contributed by atoms with Crippen LogP contribution in [0.15, 0.2) is 60.1 Å². The van der Waals surface area contributed by atoms with Crippen molar-refractivity contribution in [3.63, 3.8) is 0 Å². The van der Waals surface area contributed by atoms with Gasteiger partial charge in [0.2, 0.25) is 0 Å². The standard InChI is InChI=1S/C27H39N5/c1-6-15-30-21(3)23-11-13-25(14-12-23)27-31-18-20(2)26(32(27)5)24-9-7-22(8-10-24)19-29-17-16-28-4/h7-14,20,26-27,29-31H,3-4,6,15-19H2,1-2,5H3. The van der Waals surface area contributed by atoms with Gasteiger partial charge in [-0.1, -0.05) is 69.0 Å². The fourth-order valence-corrected chi connectivity index (χ4v) is 4.50. The quantitative estimate of drug-likeness (QED) is 0.364. The zero-order valence-electron chi connectivity index (χ0n) is 19.9. The van der Waals surface area contributed by atoms with Gasteiger partial charge in [-0.2, -0.15) is 0 Å². The largest absolute Gasteiger partial charge is 0.385 e. The van der Waals surface area contributed by atoms with Gasteiger partial charge in [0, 0.05) is 37.9 Å². The lowest BCUT2D eigenvalue weighted by atomic mass is 9.89. The summed E-state index contributed by atoms with van der Waals surface area (Å²) in [6.45, 7) is 16.6. The van der Waals surface area contributed by atoms with Crippen LogP contribution in [-0.2, 0) is 6.54 Å². The smallest absolute Gasteiger partial charge is 0.0863 e. The summed E-state index contributed by atoms with van der Waals surface area (Å²) in [6.07, 6.45) is 1.28. The number of hydrogen-bond acceptors (Lipinski definition) is 5. The van der Waals surface area contributed by atoms with Crippen molar-refractivity contribution in [2.24, 2.45) is 10.9 Å². The third kappa shape index (κ3) is 6.06. The molecule has 1 fully saturated rings. The number of aliphatic imine (C=N–C) groups is 1. The van der Waals surface area contributed by atoms with E-state index in [1.54, 1.807) is 0 Å². The van der Waals surface area contributed by atoms with E-state index < -0.39 is 0 Å². The van der Waals surface area contributed by atoms with Crippen LogP contribution in [-0.4, -0.2) is 44.8 Å². The molecule has 0 bridgehead atoms. The van der Waals surface area contributed by atoms with Crippen molar-refractivity contribution in [2.45, 2.75) is 39.0 Å². The second kappa shape index (κ2) is 12.0. The number of nitrogens with zero attached hydrogens (tertiary/aromatic N) is 2. The normalized spacial score (nSPS) is 21.3. The predicted molar refractivity (Wildman–Crippen MR) is 137 cm³/mol. The maximum absolute atomic E-state index is 4.17. The Kier molecular flexibility index (Phi) is 9.03. The molecule has 2 aromatic carbocycles. The van der Waals surface area contributed by atoms with Crippen LogP contribution >= 0.6 is 0 Å². The van der Waals surface area contributed by atoms with Gasteiger partial charge in [0.25, 0.3) is 0 Å². The summed E-state index contributed by atoms with van der Waals surface area (Å²) in [4.78, 5) is 6.35. The molecule has 3 atom stereocenters. The molecule has 1 saturated heterocycles. The van der Waals surface area contributed by atoms with Crippen molar-refractivity contribution in [1.82, 2.24) is 20.9 Å². The van der Waals surface area contributed by atoms with E-state index in [4.69, 9.17) is 0 Å². The topological polar surface area (TPSA) is 51.7 Å². The fraction of sp³-hybridized carbons (Fsp3) is 0.444. The molecule has 0 saturated carbocycles. The minimum atomic E-state index is 0.190. The molecular formula is C27H39N5. The SMILES string of the molecule is C=NCCNCc1ccc(C2C(C)CNC(c3ccc(C(=C)NCCC)cc3)N2C)cc1. The minimum Gasteiger partial charge on any atom is -0.385 e. The van der Waals surface area contributed by atoms with E-state index in [0.29, 0.717) is 12.0 Å². The third-order valence-electron chi connectivity index (χ3n) is 6.28. The van der Waals surface area contributed by atoms with Crippen LogP contribution < -0.4 is 16.0 Å². The van der Waals surface area contributed by atoms with Gasteiger partial charge in [-0.15, -0.1) is 0 Å².